The second-order valence-corrected chi connectivity index (χ2v) is 9.32. The second kappa shape index (κ2) is 7.75. The molecule has 0 unspecified atom stereocenters. The molecule has 0 amide bonds. The van der Waals surface area contributed by atoms with Gasteiger partial charge in [-0.3, -0.25) is 14.9 Å². The van der Waals surface area contributed by atoms with Crippen LogP contribution in [0.2, 0.25) is 0 Å². The molecule has 0 bridgehead atoms. The number of likely N-dealkylation sites (tertiary alicyclic amines) is 1. The van der Waals surface area contributed by atoms with Crippen LogP contribution in [0, 0.1) is 0 Å². The van der Waals surface area contributed by atoms with Crippen molar-refractivity contribution in [3.63, 3.8) is 0 Å². The normalized spacial score (nSPS) is 23.2. The lowest BCUT2D eigenvalue weighted by Gasteiger charge is -2.27. The number of hydrogen-bond acceptors (Lipinski definition) is 7. The minimum atomic E-state index is -3.80. The molecule has 2 aliphatic heterocycles. The summed E-state index contributed by atoms with van der Waals surface area (Å²) in [5.74, 6) is 0.166. The molecule has 154 valence electrons. The van der Waals surface area contributed by atoms with E-state index in [1.165, 1.54) is 4.31 Å². The van der Waals surface area contributed by atoms with E-state index >= 15 is 0 Å². The highest BCUT2D eigenvalue weighted by molar-refractivity contribution is 7.89. The highest BCUT2D eigenvalue weighted by atomic mass is 32.2. The molecule has 0 N–H and O–H groups in total. The van der Waals surface area contributed by atoms with Gasteiger partial charge in [0.1, 0.15) is 11.0 Å². The van der Waals surface area contributed by atoms with Crippen molar-refractivity contribution in [2.24, 2.45) is 0 Å². The van der Waals surface area contributed by atoms with Crippen LogP contribution in [0.4, 0.5) is 0 Å². The summed E-state index contributed by atoms with van der Waals surface area (Å²) in [6.07, 6.45) is 6.47. The molecule has 0 aliphatic carbocycles. The number of fused-ring (bicyclic) bond motifs is 2. The summed E-state index contributed by atoms with van der Waals surface area (Å²) in [5, 5.41) is 0. The molecule has 8 nitrogen and oxygen atoms in total. The fourth-order valence-electron chi connectivity index (χ4n) is 4.07. The third-order valence-electron chi connectivity index (χ3n) is 5.44. The number of hydrogen-bond donors (Lipinski definition) is 0. The molecule has 2 atom stereocenters. The van der Waals surface area contributed by atoms with Gasteiger partial charge in [-0.25, -0.2) is 13.4 Å². The summed E-state index contributed by atoms with van der Waals surface area (Å²) < 4.78 is 34.8. The first-order chi connectivity index (χ1) is 14.6. The molecule has 3 aromatic heterocycles. The average molecular weight is 423 g/mol. The first kappa shape index (κ1) is 19.1. The minimum absolute atomic E-state index is 0.106. The Kier molecular flexibility index (Phi) is 4.93. The Hall–Kier alpha value is -2.88. The highest BCUT2D eigenvalue weighted by Gasteiger charge is 2.47. The molecular formula is C21H21N5O3S. The first-order valence-corrected chi connectivity index (χ1v) is 11.2. The van der Waals surface area contributed by atoms with Crippen LogP contribution in [0.5, 0.6) is 5.88 Å². The van der Waals surface area contributed by atoms with Crippen molar-refractivity contribution in [2.45, 2.75) is 30.1 Å². The zero-order valence-corrected chi connectivity index (χ0v) is 17.0. The number of sulfonamides is 1. The molecule has 0 saturated carbocycles. The van der Waals surface area contributed by atoms with Crippen LogP contribution < -0.4 is 4.74 Å². The molecule has 3 aromatic rings. The predicted octanol–water partition coefficient (Wildman–Crippen LogP) is 1.71. The van der Waals surface area contributed by atoms with E-state index in [2.05, 4.69) is 19.9 Å². The summed E-state index contributed by atoms with van der Waals surface area (Å²) >= 11 is 0. The van der Waals surface area contributed by atoms with Crippen LogP contribution in [0.15, 0.2) is 72.1 Å². The lowest BCUT2D eigenvalue weighted by Crippen LogP contribution is -2.46. The Morgan fingerprint density at radius 1 is 0.967 bits per heavy atom. The van der Waals surface area contributed by atoms with E-state index in [1.54, 1.807) is 30.7 Å². The molecule has 1 fully saturated rings. The topological polar surface area (TPSA) is 88.5 Å². The van der Waals surface area contributed by atoms with Gasteiger partial charge in [0.05, 0.1) is 18.3 Å². The standard InChI is InChI=1S/C21H21N5O3S/c27-30(28)20-7-4-10-24-21(20)29-19-15-25(12-16-5-3-8-22-11-16)14-18(19)26(30)13-17-6-1-2-9-23-17/h1-11,18-19H,12-15H2/t18-,19+/m0/s1. The summed E-state index contributed by atoms with van der Waals surface area (Å²) in [6.45, 7) is 2.02. The van der Waals surface area contributed by atoms with Crippen molar-refractivity contribution in [2.75, 3.05) is 13.1 Å². The Morgan fingerprint density at radius 3 is 2.63 bits per heavy atom. The fourth-order valence-corrected chi connectivity index (χ4v) is 5.75. The zero-order valence-electron chi connectivity index (χ0n) is 16.2. The van der Waals surface area contributed by atoms with Crippen LogP contribution in [-0.2, 0) is 23.1 Å². The Morgan fingerprint density at radius 2 is 1.83 bits per heavy atom. The smallest absolute Gasteiger partial charge is 0.249 e. The monoisotopic (exact) mass is 423 g/mol. The van der Waals surface area contributed by atoms with Gasteiger partial charge in [0.25, 0.3) is 0 Å². The summed E-state index contributed by atoms with van der Waals surface area (Å²) in [7, 11) is -3.80. The molecule has 5 rings (SSSR count). The lowest BCUT2D eigenvalue weighted by molar-refractivity contribution is 0.143. The average Bonchev–Trinajstić information content (AvgIpc) is 3.11. The SMILES string of the molecule is O=S1(=O)c2cccnc2O[C@@H]2CN(Cc3cccnc3)C[C@@H]2N1Cc1ccccn1. The maximum atomic E-state index is 13.6. The number of aromatic nitrogens is 3. The Labute approximate surface area is 175 Å². The van der Waals surface area contributed by atoms with Crippen molar-refractivity contribution in [1.29, 1.82) is 0 Å². The number of ether oxygens (including phenoxy) is 1. The molecule has 2 aliphatic rings. The van der Waals surface area contributed by atoms with Gasteiger partial charge < -0.3 is 4.74 Å². The molecule has 5 heterocycles. The van der Waals surface area contributed by atoms with Gasteiger partial charge in [-0.15, -0.1) is 0 Å². The van der Waals surface area contributed by atoms with E-state index in [1.807, 2.05) is 36.5 Å². The predicted molar refractivity (Wildman–Crippen MR) is 109 cm³/mol. The third kappa shape index (κ3) is 3.55. The minimum Gasteiger partial charge on any atom is -0.470 e. The van der Waals surface area contributed by atoms with Crippen LogP contribution in [0.3, 0.4) is 0 Å². The van der Waals surface area contributed by atoms with Gasteiger partial charge in [0.2, 0.25) is 15.9 Å². The van der Waals surface area contributed by atoms with Crippen molar-refractivity contribution >= 4 is 10.0 Å². The van der Waals surface area contributed by atoms with Crippen LogP contribution in [0.25, 0.3) is 0 Å². The van der Waals surface area contributed by atoms with Crippen molar-refractivity contribution in [1.82, 2.24) is 24.2 Å². The molecule has 1 saturated heterocycles. The quantitative estimate of drug-likeness (QED) is 0.631. The molecule has 30 heavy (non-hydrogen) atoms. The Balaban J connectivity index is 1.51. The third-order valence-corrected chi connectivity index (χ3v) is 7.33. The zero-order chi connectivity index (χ0) is 20.6. The van der Waals surface area contributed by atoms with E-state index in [0.717, 1.165) is 5.56 Å². The van der Waals surface area contributed by atoms with Gasteiger partial charge in [0.15, 0.2) is 0 Å². The first-order valence-electron chi connectivity index (χ1n) is 9.76. The summed E-state index contributed by atoms with van der Waals surface area (Å²) in [4.78, 5) is 15.0. The Bertz CT molecular complexity index is 1130. The van der Waals surface area contributed by atoms with Gasteiger partial charge in [-0.1, -0.05) is 12.1 Å². The molecule has 0 aromatic carbocycles. The van der Waals surface area contributed by atoms with E-state index in [0.29, 0.717) is 25.3 Å². The van der Waals surface area contributed by atoms with Gasteiger partial charge in [-0.2, -0.15) is 4.31 Å². The number of rotatable bonds is 4. The maximum Gasteiger partial charge on any atom is 0.249 e. The summed E-state index contributed by atoms with van der Waals surface area (Å²) in [5.41, 5.74) is 1.77. The van der Waals surface area contributed by atoms with Gasteiger partial charge >= 0.3 is 0 Å². The van der Waals surface area contributed by atoms with Crippen LogP contribution in [-0.4, -0.2) is 57.8 Å². The van der Waals surface area contributed by atoms with Gasteiger partial charge in [0, 0.05) is 44.4 Å². The second-order valence-electron chi connectivity index (χ2n) is 7.46. The molecule has 9 heteroatoms. The van der Waals surface area contributed by atoms with Gasteiger partial charge in [-0.05, 0) is 35.9 Å². The van der Waals surface area contributed by atoms with E-state index in [4.69, 9.17) is 4.74 Å². The van der Waals surface area contributed by atoms with Crippen molar-refractivity contribution < 1.29 is 13.2 Å². The number of nitrogens with zero attached hydrogens (tertiary/aromatic N) is 5. The highest BCUT2D eigenvalue weighted by Crippen LogP contribution is 2.35. The van der Waals surface area contributed by atoms with Crippen LogP contribution in [0.1, 0.15) is 11.3 Å². The van der Waals surface area contributed by atoms with Crippen LogP contribution >= 0.6 is 0 Å². The maximum absolute atomic E-state index is 13.6. The number of pyridine rings is 3. The van der Waals surface area contributed by atoms with E-state index in [9.17, 15) is 8.42 Å². The molecule has 0 spiro atoms. The van der Waals surface area contributed by atoms with E-state index < -0.39 is 10.0 Å². The lowest BCUT2D eigenvalue weighted by atomic mass is 10.2. The molecule has 0 radical (unpaired) electrons. The van der Waals surface area contributed by atoms with E-state index in [-0.39, 0.29) is 29.5 Å². The van der Waals surface area contributed by atoms with Crippen molar-refractivity contribution in [3.8, 4) is 5.88 Å². The largest absolute Gasteiger partial charge is 0.470 e. The summed E-state index contributed by atoms with van der Waals surface area (Å²) in [6, 6.07) is 12.3. The molecular weight excluding hydrogens is 402 g/mol. The van der Waals surface area contributed by atoms with Crippen molar-refractivity contribution in [3.05, 3.63) is 78.5 Å². The fraction of sp³-hybridized carbons (Fsp3) is 0.286.